The summed E-state index contributed by atoms with van der Waals surface area (Å²) in [4.78, 5) is 12.3. The van der Waals surface area contributed by atoms with Crippen molar-refractivity contribution in [3.8, 4) is 0 Å². The highest BCUT2D eigenvalue weighted by molar-refractivity contribution is 7.99. The maximum atomic E-state index is 12.3. The summed E-state index contributed by atoms with van der Waals surface area (Å²) in [5.74, 6) is 1.92. The molecular weight excluding hydrogens is 312 g/mol. The fraction of sp³-hybridized carbons (Fsp3) is 0.933. The summed E-state index contributed by atoms with van der Waals surface area (Å²) < 4.78 is 0. The van der Waals surface area contributed by atoms with E-state index in [-0.39, 0.29) is 11.9 Å². The molecule has 1 atom stereocenters. The van der Waals surface area contributed by atoms with Gasteiger partial charge in [-0.25, -0.2) is 0 Å². The van der Waals surface area contributed by atoms with Crippen molar-refractivity contribution in [1.82, 2.24) is 16.0 Å². The van der Waals surface area contributed by atoms with Gasteiger partial charge in [0.05, 0.1) is 6.04 Å². The summed E-state index contributed by atoms with van der Waals surface area (Å²) in [7, 11) is 0. The summed E-state index contributed by atoms with van der Waals surface area (Å²) >= 11 is 1.76. The summed E-state index contributed by atoms with van der Waals surface area (Å²) in [6, 6.07) is -0.141. The van der Waals surface area contributed by atoms with E-state index < -0.39 is 0 Å². The second-order valence-corrected chi connectivity index (χ2v) is 6.60. The Labute approximate surface area is 145 Å². The molecule has 0 heterocycles. The van der Waals surface area contributed by atoms with Gasteiger partial charge in [-0.1, -0.05) is 0 Å². The summed E-state index contributed by atoms with van der Waals surface area (Å²) in [5.41, 5.74) is 16.4. The number of amides is 1. The van der Waals surface area contributed by atoms with Gasteiger partial charge in [0.25, 0.3) is 0 Å². The fourth-order valence-electron chi connectivity index (χ4n) is 2.04. The van der Waals surface area contributed by atoms with E-state index in [2.05, 4.69) is 16.0 Å². The first-order chi connectivity index (χ1) is 11.3. The smallest absolute Gasteiger partial charge is 0.237 e. The monoisotopic (exact) mass is 348 g/mol. The number of carbonyl (C=O) groups is 1. The number of hydrogen-bond acceptors (Lipinski definition) is 7. The summed E-state index contributed by atoms with van der Waals surface area (Å²) in [6.45, 7) is 5.34. The maximum absolute atomic E-state index is 12.3. The lowest BCUT2D eigenvalue weighted by Crippen LogP contribution is -2.45. The quantitative estimate of drug-likeness (QED) is 0.182. The third-order valence-electron chi connectivity index (χ3n) is 3.30. The van der Waals surface area contributed by atoms with Crippen LogP contribution in [0.15, 0.2) is 0 Å². The van der Waals surface area contributed by atoms with Crippen molar-refractivity contribution in [2.24, 2.45) is 17.2 Å². The lowest BCUT2D eigenvalue weighted by molar-refractivity contribution is -0.123. The summed E-state index contributed by atoms with van der Waals surface area (Å²) in [5, 5.41) is 9.65. The SMILES string of the molecule is NCCCNCCCC(NCCCN)C(=O)NCCSCCN. The van der Waals surface area contributed by atoms with Gasteiger partial charge < -0.3 is 33.2 Å². The van der Waals surface area contributed by atoms with Crippen LogP contribution in [0.5, 0.6) is 0 Å². The molecule has 0 aliphatic rings. The van der Waals surface area contributed by atoms with Crippen LogP contribution in [0.25, 0.3) is 0 Å². The molecule has 0 saturated heterocycles. The fourth-order valence-corrected chi connectivity index (χ4v) is 2.66. The Morgan fingerprint density at radius 2 is 1.57 bits per heavy atom. The van der Waals surface area contributed by atoms with Crippen molar-refractivity contribution >= 4 is 17.7 Å². The van der Waals surface area contributed by atoms with Crippen molar-refractivity contribution in [2.45, 2.75) is 31.7 Å². The minimum atomic E-state index is -0.141. The lowest BCUT2D eigenvalue weighted by atomic mass is 10.1. The van der Waals surface area contributed by atoms with Gasteiger partial charge in [-0.3, -0.25) is 4.79 Å². The Morgan fingerprint density at radius 3 is 2.26 bits per heavy atom. The van der Waals surface area contributed by atoms with E-state index in [0.29, 0.717) is 26.2 Å². The van der Waals surface area contributed by atoms with E-state index in [1.807, 2.05) is 0 Å². The molecule has 0 spiro atoms. The van der Waals surface area contributed by atoms with E-state index in [4.69, 9.17) is 17.2 Å². The van der Waals surface area contributed by atoms with E-state index in [1.165, 1.54) is 0 Å². The number of rotatable bonds is 17. The number of nitrogens with one attached hydrogen (secondary N) is 3. The van der Waals surface area contributed by atoms with Crippen LogP contribution in [0.1, 0.15) is 25.7 Å². The zero-order chi connectivity index (χ0) is 17.2. The molecule has 0 fully saturated rings. The second-order valence-electron chi connectivity index (χ2n) is 5.38. The Kier molecular flexibility index (Phi) is 17.7. The average molecular weight is 349 g/mol. The van der Waals surface area contributed by atoms with Crippen molar-refractivity contribution < 1.29 is 4.79 Å². The van der Waals surface area contributed by atoms with Crippen LogP contribution in [0.2, 0.25) is 0 Å². The Bertz CT molecular complexity index is 270. The highest BCUT2D eigenvalue weighted by Gasteiger charge is 2.16. The molecule has 7 nitrogen and oxygen atoms in total. The van der Waals surface area contributed by atoms with Gasteiger partial charge in [0.15, 0.2) is 0 Å². The lowest BCUT2D eigenvalue weighted by Gasteiger charge is -2.18. The standard InChI is InChI=1S/C15H36N6OS/c16-5-2-9-19-8-1-4-14(20-10-3-6-17)15(22)21-11-13-23-12-7-18/h14,19-20H,1-13,16-18H2,(H,21,22). The van der Waals surface area contributed by atoms with Crippen LogP contribution in [0.3, 0.4) is 0 Å². The van der Waals surface area contributed by atoms with Gasteiger partial charge in [-0.05, 0) is 58.4 Å². The molecule has 23 heavy (non-hydrogen) atoms. The molecule has 0 saturated carbocycles. The number of thioether (sulfide) groups is 1. The first-order valence-corrected chi connectivity index (χ1v) is 9.81. The molecule has 0 radical (unpaired) electrons. The second kappa shape index (κ2) is 18.0. The predicted octanol–water partition coefficient (Wildman–Crippen LogP) is -1.18. The molecule has 0 aliphatic heterocycles. The van der Waals surface area contributed by atoms with Crippen molar-refractivity contribution in [3.63, 3.8) is 0 Å². The van der Waals surface area contributed by atoms with Gasteiger partial charge >= 0.3 is 0 Å². The van der Waals surface area contributed by atoms with E-state index >= 15 is 0 Å². The molecule has 9 N–H and O–H groups in total. The van der Waals surface area contributed by atoms with Crippen molar-refractivity contribution in [3.05, 3.63) is 0 Å². The molecular formula is C15H36N6OS. The van der Waals surface area contributed by atoms with Gasteiger partial charge in [-0.2, -0.15) is 11.8 Å². The molecule has 1 unspecified atom stereocenters. The zero-order valence-electron chi connectivity index (χ0n) is 14.3. The minimum Gasteiger partial charge on any atom is -0.354 e. The third kappa shape index (κ3) is 14.9. The van der Waals surface area contributed by atoms with Crippen molar-refractivity contribution in [1.29, 1.82) is 0 Å². The van der Waals surface area contributed by atoms with Crippen molar-refractivity contribution in [2.75, 3.05) is 57.3 Å². The average Bonchev–Trinajstić information content (AvgIpc) is 2.56. The van der Waals surface area contributed by atoms with Crippen LogP contribution >= 0.6 is 11.8 Å². The third-order valence-corrected chi connectivity index (χ3v) is 4.32. The Hall–Kier alpha value is -0.380. The topological polar surface area (TPSA) is 131 Å². The molecule has 0 rings (SSSR count). The van der Waals surface area contributed by atoms with E-state index in [1.54, 1.807) is 11.8 Å². The number of nitrogens with two attached hydrogens (primary N) is 3. The molecule has 0 bridgehead atoms. The van der Waals surface area contributed by atoms with Gasteiger partial charge in [0.2, 0.25) is 5.91 Å². The molecule has 138 valence electrons. The Morgan fingerprint density at radius 1 is 0.870 bits per heavy atom. The first-order valence-electron chi connectivity index (χ1n) is 8.66. The van der Waals surface area contributed by atoms with Crippen LogP contribution in [-0.4, -0.2) is 69.3 Å². The molecule has 8 heteroatoms. The molecule has 0 aromatic heterocycles. The molecule has 1 amide bonds. The Balaban J connectivity index is 3.93. The summed E-state index contributed by atoms with van der Waals surface area (Å²) in [6.07, 6.45) is 3.65. The van der Waals surface area contributed by atoms with E-state index in [9.17, 15) is 4.79 Å². The van der Waals surface area contributed by atoms with Gasteiger partial charge in [-0.15, -0.1) is 0 Å². The zero-order valence-corrected chi connectivity index (χ0v) is 15.1. The van der Waals surface area contributed by atoms with Crippen LogP contribution in [0.4, 0.5) is 0 Å². The molecule has 0 aliphatic carbocycles. The maximum Gasteiger partial charge on any atom is 0.237 e. The molecule has 0 aromatic rings. The number of hydrogen-bond donors (Lipinski definition) is 6. The van der Waals surface area contributed by atoms with E-state index in [0.717, 1.165) is 56.8 Å². The number of carbonyl (C=O) groups excluding carboxylic acids is 1. The van der Waals surface area contributed by atoms with Gasteiger partial charge in [0.1, 0.15) is 0 Å². The van der Waals surface area contributed by atoms with Crippen LogP contribution in [-0.2, 0) is 4.79 Å². The molecule has 0 aromatic carbocycles. The first kappa shape index (κ1) is 22.6. The van der Waals surface area contributed by atoms with Crippen LogP contribution in [0, 0.1) is 0 Å². The largest absolute Gasteiger partial charge is 0.354 e. The normalized spacial score (nSPS) is 12.3. The highest BCUT2D eigenvalue weighted by atomic mass is 32.2. The minimum absolute atomic E-state index is 0.0809. The predicted molar refractivity (Wildman–Crippen MR) is 101 cm³/mol. The van der Waals surface area contributed by atoms with Gasteiger partial charge in [0, 0.05) is 24.6 Å². The highest BCUT2D eigenvalue weighted by Crippen LogP contribution is 1.99. The van der Waals surface area contributed by atoms with Crippen LogP contribution < -0.4 is 33.2 Å².